The number of aliphatic imine (C=N–C) groups is 1. The second kappa shape index (κ2) is 18.0. The van der Waals surface area contributed by atoms with Gasteiger partial charge < -0.3 is 19.5 Å². The van der Waals surface area contributed by atoms with Crippen LogP contribution in [0.15, 0.2) is 175 Å². The summed E-state index contributed by atoms with van der Waals surface area (Å²) in [6.45, 7) is 22.6. The Bertz CT molecular complexity index is 3140. The zero-order chi connectivity index (χ0) is 47.6. The number of hydrogen-bond acceptors (Lipinski definition) is 6. The van der Waals surface area contributed by atoms with Crippen molar-refractivity contribution in [3.8, 4) is 22.8 Å². The number of aromatic nitrogens is 2. The van der Waals surface area contributed by atoms with Gasteiger partial charge in [-0.25, -0.2) is 4.98 Å². The Kier molecular flexibility index (Phi) is 12.4. The summed E-state index contributed by atoms with van der Waals surface area (Å²) in [6, 6.07) is 63.3. The molecule has 0 bridgehead atoms. The zero-order valence-electron chi connectivity index (χ0n) is 41.2. The number of aryl methyl sites for hydroxylation is 2. The molecule has 69 heavy (non-hydrogen) atoms. The topological polar surface area (TPSA) is 53.9 Å². The SMILES string of the molecule is Cc1cccc(C)c1N1C(c2[c-]c(Oc3[c-]c4c(cc3)C(C)(C)c3ccccc3N4c3cc(C(C)(C)C)ccn3)cc(-c3ccccn3)c2)=NC(C)(C)[C@]1(C)C(c1ccccc1)c1ccccc1.[Pt+2]. The Morgan fingerprint density at radius 1 is 0.609 bits per heavy atom. The number of ether oxygens (including phenoxy) is 1. The van der Waals surface area contributed by atoms with Crippen LogP contribution in [0.1, 0.15) is 106 Å². The number of anilines is 4. The minimum Gasteiger partial charge on any atom is -0.503 e. The van der Waals surface area contributed by atoms with E-state index in [1.54, 1.807) is 0 Å². The second-order valence-electron chi connectivity index (χ2n) is 20.7. The first-order valence-corrected chi connectivity index (χ1v) is 23.7. The molecule has 7 heteroatoms. The first kappa shape index (κ1) is 47.4. The second-order valence-corrected chi connectivity index (χ2v) is 20.7. The van der Waals surface area contributed by atoms with Crippen molar-refractivity contribution in [2.24, 2.45) is 4.99 Å². The fraction of sp³-hybridized carbons (Fsp3) is 0.242. The minimum atomic E-state index is -0.616. The number of hydrogen-bond donors (Lipinski definition) is 0. The van der Waals surface area contributed by atoms with Crippen molar-refractivity contribution < 1.29 is 25.8 Å². The average molecular weight is 1090 g/mol. The predicted molar refractivity (Wildman–Crippen MR) is 279 cm³/mol. The molecular formula is C62H59N5OPt. The molecule has 0 unspecified atom stereocenters. The van der Waals surface area contributed by atoms with Gasteiger partial charge in [-0.1, -0.05) is 161 Å². The molecule has 6 nitrogen and oxygen atoms in total. The molecule has 10 rings (SSSR count). The van der Waals surface area contributed by atoms with E-state index >= 15 is 0 Å². The molecule has 1 atom stereocenters. The van der Waals surface area contributed by atoms with E-state index in [2.05, 4.69) is 219 Å². The van der Waals surface area contributed by atoms with E-state index in [1.807, 2.05) is 42.7 Å². The van der Waals surface area contributed by atoms with E-state index in [4.69, 9.17) is 19.7 Å². The van der Waals surface area contributed by atoms with Crippen LogP contribution in [0.25, 0.3) is 11.3 Å². The number of benzene rings is 6. The van der Waals surface area contributed by atoms with Crippen LogP contribution in [0.2, 0.25) is 0 Å². The van der Waals surface area contributed by atoms with Crippen LogP contribution >= 0.6 is 0 Å². The predicted octanol–water partition coefficient (Wildman–Crippen LogP) is 15.2. The Hall–Kier alpha value is -6.62. The average Bonchev–Trinajstić information content (AvgIpc) is 3.54. The van der Waals surface area contributed by atoms with Gasteiger partial charge in [0, 0.05) is 41.2 Å². The van der Waals surface area contributed by atoms with Crippen LogP contribution in [0, 0.1) is 26.0 Å². The van der Waals surface area contributed by atoms with Gasteiger partial charge in [-0.3, -0.25) is 4.98 Å². The molecule has 4 heterocycles. The van der Waals surface area contributed by atoms with Crippen molar-refractivity contribution in [2.45, 2.75) is 97.1 Å². The van der Waals surface area contributed by atoms with Gasteiger partial charge in [-0.15, -0.1) is 29.3 Å². The molecule has 0 N–H and O–H groups in total. The van der Waals surface area contributed by atoms with Crippen molar-refractivity contribution >= 4 is 28.7 Å². The Balaban J connectivity index is 0.00000593. The van der Waals surface area contributed by atoms with Crippen LogP contribution < -0.4 is 14.5 Å². The first-order chi connectivity index (χ1) is 32.6. The van der Waals surface area contributed by atoms with Gasteiger partial charge >= 0.3 is 21.1 Å². The zero-order valence-corrected chi connectivity index (χ0v) is 43.5. The van der Waals surface area contributed by atoms with Gasteiger partial charge in [0.15, 0.2) is 0 Å². The maximum atomic E-state index is 7.04. The summed E-state index contributed by atoms with van der Waals surface area (Å²) in [7, 11) is 0. The number of rotatable bonds is 9. The number of fused-ring (bicyclic) bond motifs is 2. The maximum absolute atomic E-state index is 7.04. The maximum Gasteiger partial charge on any atom is 2.00 e. The summed E-state index contributed by atoms with van der Waals surface area (Å²) < 4.78 is 7.04. The van der Waals surface area contributed by atoms with Crippen LogP contribution in [0.5, 0.6) is 11.5 Å². The molecule has 0 radical (unpaired) electrons. The first-order valence-electron chi connectivity index (χ1n) is 23.7. The Morgan fingerprint density at radius 2 is 1.26 bits per heavy atom. The fourth-order valence-corrected chi connectivity index (χ4v) is 10.6. The van der Waals surface area contributed by atoms with E-state index < -0.39 is 11.1 Å². The molecule has 0 amide bonds. The summed E-state index contributed by atoms with van der Waals surface area (Å²) in [5.41, 5.74) is 12.4. The number of para-hydroxylation sites is 2. The van der Waals surface area contributed by atoms with Gasteiger partial charge in [0.05, 0.1) is 22.6 Å². The molecule has 0 spiro atoms. The Morgan fingerprint density at radius 3 is 1.91 bits per heavy atom. The van der Waals surface area contributed by atoms with Crippen molar-refractivity contribution in [3.63, 3.8) is 0 Å². The van der Waals surface area contributed by atoms with Crippen LogP contribution in [-0.2, 0) is 31.9 Å². The molecule has 2 aliphatic heterocycles. The summed E-state index contributed by atoms with van der Waals surface area (Å²) in [5, 5.41) is 0. The van der Waals surface area contributed by atoms with Gasteiger partial charge in [-0.05, 0) is 109 Å². The third kappa shape index (κ3) is 8.31. The molecule has 2 aliphatic rings. The minimum absolute atomic E-state index is 0. The molecular weight excluding hydrogens is 1030 g/mol. The number of amidine groups is 1. The van der Waals surface area contributed by atoms with Crippen LogP contribution in [0.4, 0.5) is 22.9 Å². The third-order valence-electron chi connectivity index (χ3n) is 14.5. The standard InChI is InChI=1S/C62H59N5O.Pt/c1-41-22-21-23-42(2)57(41)67-58(65-61(8,9)62(67,10)56(43-24-13-11-14-25-43)44-26-15-12-16-27-44)46-36-45(52-29-19-20-34-63-52)37-49(38-46)68-48-31-32-51-54(40-48)66(53-30-18-17-28-50(53)60(51,6)7)55-39-47(33-35-64-55)59(3,4)5;/h11-37,39,56H,1-10H3;/q-2;+2/t62-;/m0./s1. The summed E-state index contributed by atoms with van der Waals surface area (Å²) in [5.74, 6) is 2.68. The molecule has 2 aromatic heterocycles. The van der Waals surface area contributed by atoms with Crippen LogP contribution in [0.3, 0.4) is 0 Å². The largest absolute Gasteiger partial charge is 2.00 e. The fourth-order valence-electron chi connectivity index (χ4n) is 10.6. The van der Waals surface area contributed by atoms with Gasteiger partial charge in [0.1, 0.15) is 5.82 Å². The summed E-state index contributed by atoms with van der Waals surface area (Å²) in [4.78, 5) is 20.4. The van der Waals surface area contributed by atoms with E-state index in [-0.39, 0.29) is 37.8 Å². The molecule has 0 fully saturated rings. The quantitative estimate of drug-likeness (QED) is 0.135. The molecule has 0 saturated heterocycles. The van der Waals surface area contributed by atoms with Gasteiger partial charge in [0.2, 0.25) is 0 Å². The normalized spacial score (nSPS) is 16.9. The van der Waals surface area contributed by atoms with Gasteiger partial charge in [-0.2, -0.15) is 6.07 Å². The monoisotopic (exact) mass is 1080 g/mol. The third-order valence-corrected chi connectivity index (χ3v) is 14.5. The van der Waals surface area contributed by atoms with Crippen molar-refractivity contribution in [1.29, 1.82) is 0 Å². The van der Waals surface area contributed by atoms with E-state index in [0.717, 1.165) is 51.1 Å². The molecule has 348 valence electrons. The van der Waals surface area contributed by atoms with E-state index in [9.17, 15) is 0 Å². The van der Waals surface area contributed by atoms with E-state index in [1.165, 1.54) is 33.4 Å². The Labute approximate surface area is 423 Å². The van der Waals surface area contributed by atoms with Crippen LogP contribution in [-0.4, -0.2) is 26.9 Å². The summed E-state index contributed by atoms with van der Waals surface area (Å²) >= 11 is 0. The number of pyridine rings is 2. The molecule has 8 aromatic rings. The molecule has 0 aliphatic carbocycles. The van der Waals surface area contributed by atoms with E-state index in [0.29, 0.717) is 11.5 Å². The van der Waals surface area contributed by atoms with Crippen molar-refractivity contribution in [3.05, 3.63) is 227 Å². The number of nitrogens with zero attached hydrogens (tertiary/aromatic N) is 5. The smallest absolute Gasteiger partial charge is 0.503 e. The summed E-state index contributed by atoms with van der Waals surface area (Å²) in [6.07, 6.45) is 3.75. The molecule has 0 saturated carbocycles. The van der Waals surface area contributed by atoms with Crippen molar-refractivity contribution in [2.75, 3.05) is 9.80 Å². The molecule has 6 aromatic carbocycles. The van der Waals surface area contributed by atoms with Gasteiger partial charge in [0.25, 0.3) is 0 Å². The van der Waals surface area contributed by atoms with Crippen molar-refractivity contribution in [1.82, 2.24) is 9.97 Å².